The molecule has 2 N–H and O–H groups in total. The Kier molecular flexibility index (Phi) is 4.16. The summed E-state index contributed by atoms with van der Waals surface area (Å²) in [5, 5.41) is 20.5. The van der Waals surface area contributed by atoms with Crippen molar-refractivity contribution in [1.29, 1.82) is 0 Å². The van der Waals surface area contributed by atoms with Crippen molar-refractivity contribution < 1.29 is 9.90 Å². The number of hydrogen-bond acceptors (Lipinski definition) is 7. The molecule has 1 aromatic heterocycles. The van der Waals surface area contributed by atoms with Gasteiger partial charge in [-0.05, 0) is 19.1 Å². The fourth-order valence-corrected chi connectivity index (χ4v) is 3.49. The first kappa shape index (κ1) is 13.0. The van der Waals surface area contributed by atoms with Gasteiger partial charge in [-0.1, -0.05) is 23.1 Å². The van der Waals surface area contributed by atoms with Gasteiger partial charge in [0.1, 0.15) is 0 Å². The molecule has 1 fully saturated rings. The standard InChI is InChI=1S/C9H13N3O2S3/c1-15-9(2-3-9)5-10-7-11-12-8(17-7)16-4-6(13)14/h2-5H2,1H3,(H,10,11)(H,13,14). The van der Waals surface area contributed by atoms with Crippen LogP contribution in [0.15, 0.2) is 4.34 Å². The molecule has 8 heteroatoms. The molecule has 1 aliphatic rings. The Morgan fingerprint density at radius 3 is 2.94 bits per heavy atom. The first-order chi connectivity index (χ1) is 8.13. The molecular weight excluding hydrogens is 278 g/mol. The quantitative estimate of drug-likeness (QED) is 0.744. The molecule has 0 spiro atoms. The first-order valence-electron chi connectivity index (χ1n) is 5.11. The average Bonchev–Trinajstić information content (AvgIpc) is 2.96. The Labute approximate surface area is 112 Å². The predicted molar refractivity (Wildman–Crippen MR) is 72.2 cm³/mol. The van der Waals surface area contributed by atoms with Crippen LogP contribution in [0.2, 0.25) is 0 Å². The number of nitrogens with one attached hydrogen (secondary N) is 1. The van der Waals surface area contributed by atoms with E-state index in [4.69, 9.17) is 5.11 Å². The molecule has 0 aromatic carbocycles. The fraction of sp³-hybridized carbons (Fsp3) is 0.667. The summed E-state index contributed by atoms with van der Waals surface area (Å²) >= 11 is 4.50. The number of thioether (sulfide) groups is 2. The van der Waals surface area contributed by atoms with E-state index in [0.29, 0.717) is 9.09 Å². The van der Waals surface area contributed by atoms with E-state index in [9.17, 15) is 4.79 Å². The topological polar surface area (TPSA) is 75.1 Å². The maximum Gasteiger partial charge on any atom is 0.313 e. The van der Waals surface area contributed by atoms with E-state index in [1.807, 2.05) is 11.8 Å². The van der Waals surface area contributed by atoms with Crippen molar-refractivity contribution in [2.45, 2.75) is 21.9 Å². The number of hydrogen-bond donors (Lipinski definition) is 2. The maximum atomic E-state index is 10.4. The Balaban J connectivity index is 1.79. The fourth-order valence-electron chi connectivity index (χ4n) is 1.29. The van der Waals surface area contributed by atoms with Crippen molar-refractivity contribution in [3.05, 3.63) is 0 Å². The summed E-state index contributed by atoms with van der Waals surface area (Å²) < 4.78 is 1.09. The zero-order valence-electron chi connectivity index (χ0n) is 9.30. The van der Waals surface area contributed by atoms with Crippen molar-refractivity contribution in [3.63, 3.8) is 0 Å². The molecule has 17 heavy (non-hydrogen) atoms. The molecule has 0 amide bonds. The second-order valence-corrected chi connectivity index (χ2v) is 7.27. The SMILES string of the molecule is CSC1(CNc2nnc(SCC(=O)O)s2)CC1. The van der Waals surface area contributed by atoms with E-state index in [1.54, 1.807) is 0 Å². The van der Waals surface area contributed by atoms with Crippen LogP contribution in [0.25, 0.3) is 0 Å². The van der Waals surface area contributed by atoms with E-state index >= 15 is 0 Å². The molecule has 5 nitrogen and oxygen atoms in total. The zero-order valence-corrected chi connectivity index (χ0v) is 11.8. The minimum absolute atomic E-state index is 0.0311. The van der Waals surface area contributed by atoms with Crippen molar-refractivity contribution in [1.82, 2.24) is 10.2 Å². The number of aromatic nitrogens is 2. The highest BCUT2D eigenvalue weighted by Gasteiger charge is 2.41. The van der Waals surface area contributed by atoms with Crippen LogP contribution in [0, 0.1) is 0 Å². The number of rotatable bonds is 7. The van der Waals surface area contributed by atoms with Crippen LogP contribution < -0.4 is 5.32 Å². The van der Waals surface area contributed by atoms with Crippen LogP contribution in [-0.4, -0.2) is 44.6 Å². The van der Waals surface area contributed by atoms with Gasteiger partial charge in [-0.15, -0.1) is 10.2 Å². The smallest absolute Gasteiger partial charge is 0.313 e. The summed E-state index contributed by atoms with van der Waals surface area (Å²) in [4.78, 5) is 10.4. The summed E-state index contributed by atoms with van der Waals surface area (Å²) in [6.07, 6.45) is 4.63. The number of anilines is 1. The van der Waals surface area contributed by atoms with Gasteiger partial charge in [0.05, 0.1) is 5.75 Å². The highest BCUT2D eigenvalue weighted by atomic mass is 32.2. The van der Waals surface area contributed by atoms with Crippen LogP contribution in [-0.2, 0) is 4.79 Å². The van der Waals surface area contributed by atoms with E-state index in [-0.39, 0.29) is 5.75 Å². The minimum atomic E-state index is -0.834. The van der Waals surface area contributed by atoms with Crippen molar-refractivity contribution >= 4 is 46.0 Å². The van der Waals surface area contributed by atoms with E-state index in [2.05, 4.69) is 21.8 Å². The largest absolute Gasteiger partial charge is 0.481 e. The highest BCUT2D eigenvalue weighted by Crippen LogP contribution is 2.47. The van der Waals surface area contributed by atoms with Crippen LogP contribution in [0.3, 0.4) is 0 Å². The number of carbonyl (C=O) groups is 1. The van der Waals surface area contributed by atoms with Crippen molar-refractivity contribution in [3.8, 4) is 0 Å². The third kappa shape index (κ3) is 3.75. The molecule has 0 unspecified atom stereocenters. The molecule has 1 aliphatic carbocycles. The van der Waals surface area contributed by atoms with E-state index in [0.717, 1.165) is 11.7 Å². The average molecular weight is 291 g/mol. The molecule has 1 saturated carbocycles. The van der Waals surface area contributed by atoms with Gasteiger partial charge < -0.3 is 10.4 Å². The second kappa shape index (κ2) is 5.45. The predicted octanol–water partition coefficient (Wildman–Crippen LogP) is 2.02. The molecule has 94 valence electrons. The summed E-state index contributed by atoms with van der Waals surface area (Å²) in [5.41, 5.74) is 0. The lowest BCUT2D eigenvalue weighted by molar-refractivity contribution is -0.133. The van der Waals surface area contributed by atoms with Gasteiger partial charge in [0.2, 0.25) is 5.13 Å². The molecule has 1 aromatic rings. The molecule has 1 heterocycles. The monoisotopic (exact) mass is 291 g/mol. The lowest BCUT2D eigenvalue weighted by atomic mass is 10.4. The number of nitrogens with zero attached hydrogens (tertiary/aromatic N) is 2. The summed E-state index contributed by atoms with van der Waals surface area (Å²) in [6, 6.07) is 0. The Hall–Kier alpha value is -0.470. The summed E-state index contributed by atoms with van der Waals surface area (Å²) in [5.74, 6) is -0.803. The van der Waals surface area contributed by atoms with Gasteiger partial charge in [-0.2, -0.15) is 11.8 Å². The van der Waals surface area contributed by atoms with Crippen LogP contribution in [0.5, 0.6) is 0 Å². The lowest BCUT2D eigenvalue weighted by Gasteiger charge is -2.11. The Morgan fingerprint density at radius 2 is 2.35 bits per heavy atom. The van der Waals surface area contributed by atoms with Gasteiger partial charge >= 0.3 is 5.97 Å². The molecule has 0 bridgehead atoms. The normalized spacial score (nSPS) is 16.8. The molecule has 0 atom stereocenters. The van der Waals surface area contributed by atoms with Gasteiger partial charge in [0.15, 0.2) is 4.34 Å². The number of aliphatic carboxylic acids is 1. The van der Waals surface area contributed by atoms with Crippen LogP contribution in [0.4, 0.5) is 5.13 Å². The second-order valence-electron chi connectivity index (χ2n) is 3.80. The van der Waals surface area contributed by atoms with E-state index < -0.39 is 5.97 Å². The number of carboxylic acids is 1. The van der Waals surface area contributed by atoms with Gasteiger partial charge in [-0.25, -0.2) is 0 Å². The van der Waals surface area contributed by atoms with Crippen LogP contribution in [0.1, 0.15) is 12.8 Å². The Morgan fingerprint density at radius 1 is 1.59 bits per heavy atom. The minimum Gasteiger partial charge on any atom is -0.481 e. The van der Waals surface area contributed by atoms with Crippen LogP contribution >= 0.6 is 34.9 Å². The van der Waals surface area contributed by atoms with Crippen molar-refractivity contribution in [2.24, 2.45) is 0 Å². The Bertz CT molecular complexity index is 406. The third-order valence-electron chi connectivity index (χ3n) is 2.53. The van der Waals surface area contributed by atoms with Crippen molar-refractivity contribution in [2.75, 3.05) is 23.9 Å². The zero-order chi connectivity index (χ0) is 12.3. The summed E-state index contributed by atoms with van der Waals surface area (Å²) in [7, 11) is 0. The van der Waals surface area contributed by atoms with E-state index in [1.165, 1.54) is 35.9 Å². The molecule has 0 radical (unpaired) electrons. The first-order valence-corrected chi connectivity index (χ1v) is 8.13. The molecular formula is C9H13N3O2S3. The number of carboxylic acid groups (broad SMARTS) is 1. The van der Waals surface area contributed by atoms with Gasteiger partial charge in [0.25, 0.3) is 0 Å². The molecule has 0 aliphatic heterocycles. The maximum absolute atomic E-state index is 10.4. The molecule has 2 rings (SSSR count). The highest BCUT2D eigenvalue weighted by molar-refractivity contribution is 8.01. The van der Waals surface area contributed by atoms with Gasteiger partial charge in [-0.3, -0.25) is 4.79 Å². The van der Waals surface area contributed by atoms with Gasteiger partial charge in [0, 0.05) is 11.3 Å². The third-order valence-corrected chi connectivity index (χ3v) is 5.95. The lowest BCUT2D eigenvalue weighted by Crippen LogP contribution is -2.17. The summed E-state index contributed by atoms with van der Waals surface area (Å²) in [6.45, 7) is 0.909. The molecule has 0 saturated heterocycles.